The van der Waals surface area contributed by atoms with Crippen molar-refractivity contribution in [3.63, 3.8) is 0 Å². The van der Waals surface area contributed by atoms with E-state index < -0.39 is 10.0 Å². The van der Waals surface area contributed by atoms with Crippen LogP contribution in [0.5, 0.6) is 5.75 Å². The predicted molar refractivity (Wildman–Crippen MR) is 112 cm³/mol. The Hall–Kier alpha value is -2.09. The maximum atomic E-state index is 12.9. The minimum atomic E-state index is -3.65. The van der Waals surface area contributed by atoms with Gasteiger partial charge in [-0.05, 0) is 50.1 Å². The Morgan fingerprint density at radius 3 is 2.66 bits per heavy atom. The number of carbonyl (C=O) groups excluding carboxylic acids is 1. The molecule has 2 aromatic rings. The fraction of sp³-hybridized carbons (Fsp3) is 0.381. The van der Waals surface area contributed by atoms with E-state index in [4.69, 9.17) is 16.3 Å². The second-order valence-corrected chi connectivity index (χ2v) is 9.29. The van der Waals surface area contributed by atoms with Gasteiger partial charge in [-0.3, -0.25) is 4.79 Å². The number of hydrogen-bond donors (Lipinski definition) is 1. The minimum absolute atomic E-state index is 0.146. The summed E-state index contributed by atoms with van der Waals surface area (Å²) in [5, 5.41) is 3.41. The third-order valence-electron chi connectivity index (χ3n) is 4.93. The van der Waals surface area contributed by atoms with Crippen molar-refractivity contribution in [1.29, 1.82) is 0 Å². The second kappa shape index (κ2) is 9.61. The molecule has 0 radical (unpaired) electrons. The molecule has 1 saturated heterocycles. The zero-order valence-corrected chi connectivity index (χ0v) is 17.9. The summed E-state index contributed by atoms with van der Waals surface area (Å²) in [4.78, 5) is 12.9. The summed E-state index contributed by atoms with van der Waals surface area (Å²) in [6.07, 6.45) is 1.30. The molecule has 1 N–H and O–H groups in total. The molecule has 8 heteroatoms. The van der Waals surface area contributed by atoms with Crippen LogP contribution in [0.1, 0.15) is 25.3 Å². The Bertz CT molecular complexity index is 947. The zero-order valence-electron chi connectivity index (χ0n) is 16.3. The van der Waals surface area contributed by atoms with Gasteiger partial charge in [0.2, 0.25) is 15.9 Å². The standard InChI is InChI=1S/C21H25ClN2O4S/c1-2-28-20-8-4-3-6-16(20)14-23-21(25)17-7-5-13-24(15-17)29(26,27)19-11-9-18(22)10-12-19/h3-4,6,8-12,17H,2,5,7,13-15H2,1H3,(H,23,25). The molecule has 156 valence electrons. The molecule has 6 nitrogen and oxygen atoms in total. The summed E-state index contributed by atoms with van der Waals surface area (Å²) in [6, 6.07) is 13.6. The molecule has 0 spiro atoms. The van der Waals surface area contributed by atoms with Gasteiger partial charge in [-0.1, -0.05) is 29.8 Å². The lowest BCUT2D eigenvalue weighted by atomic mass is 9.98. The number of sulfonamides is 1. The highest BCUT2D eigenvalue weighted by molar-refractivity contribution is 7.89. The lowest BCUT2D eigenvalue weighted by Crippen LogP contribution is -2.45. The summed E-state index contributed by atoms with van der Waals surface area (Å²) < 4.78 is 32.8. The molecule has 1 atom stereocenters. The predicted octanol–water partition coefficient (Wildman–Crippen LogP) is 3.46. The number of carbonyl (C=O) groups is 1. The quantitative estimate of drug-likeness (QED) is 0.721. The van der Waals surface area contributed by atoms with Gasteiger partial charge in [-0.15, -0.1) is 0 Å². The number of rotatable bonds is 7. The van der Waals surface area contributed by atoms with E-state index in [0.29, 0.717) is 37.6 Å². The van der Waals surface area contributed by atoms with Crippen LogP contribution in [0.25, 0.3) is 0 Å². The fourth-order valence-electron chi connectivity index (χ4n) is 3.40. The van der Waals surface area contributed by atoms with E-state index in [9.17, 15) is 13.2 Å². The first-order valence-electron chi connectivity index (χ1n) is 9.66. The first-order valence-corrected chi connectivity index (χ1v) is 11.5. The van der Waals surface area contributed by atoms with Crippen molar-refractivity contribution in [3.8, 4) is 5.75 Å². The van der Waals surface area contributed by atoms with Gasteiger partial charge in [0.25, 0.3) is 0 Å². The lowest BCUT2D eigenvalue weighted by molar-refractivity contribution is -0.126. The van der Waals surface area contributed by atoms with Gasteiger partial charge in [-0.25, -0.2) is 8.42 Å². The SMILES string of the molecule is CCOc1ccccc1CNC(=O)C1CCCN(S(=O)(=O)c2ccc(Cl)cc2)C1. The average molecular weight is 437 g/mol. The van der Waals surface area contributed by atoms with Gasteiger partial charge in [0.1, 0.15) is 5.75 Å². The molecular weight excluding hydrogens is 412 g/mol. The number of hydrogen-bond acceptors (Lipinski definition) is 4. The van der Waals surface area contributed by atoms with Crippen LogP contribution in [0.2, 0.25) is 5.02 Å². The van der Waals surface area contributed by atoms with Crippen molar-refractivity contribution in [1.82, 2.24) is 9.62 Å². The summed E-state index contributed by atoms with van der Waals surface area (Å²) in [6.45, 7) is 3.37. The van der Waals surface area contributed by atoms with E-state index in [1.54, 1.807) is 12.1 Å². The number of nitrogens with one attached hydrogen (secondary N) is 1. The molecule has 2 aromatic carbocycles. The molecule has 1 amide bonds. The number of amides is 1. The molecule has 1 heterocycles. The molecule has 1 aliphatic heterocycles. The maximum absolute atomic E-state index is 12.9. The number of piperidine rings is 1. The van der Waals surface area contributed by atoms with Gasteiger partial charge >= 0.3 is 0 Å². The lowest BCUT2D eigenvalue weighted by Gasteiger charge is -2.31. The van der Waals surface area contributed by atoms with Gasteiger partial charge in [0.05, 0.1) is 17.4 Å². The van der Waals surface area contributed by atoms with Crippen LogP contribution < -0.4 is 10.1 Å². The molecule has 1 fully saturated rings. The number of ether oxygens (including phenoxy) is 1. The molecule has 1 aliphatic rings. The van der Waals surface area contributed by atoms with E-state index in [2.05, 4.69) is 5.32 Å². The average Bonchev–Trinajstić information content (AvgIpc) is 2.73. The number of nitrogens with zero attached hydrogens (tertiary/aromatic N) is 1. The molecule has 29 heavy (non-hydrogen) atoms. The van der Waals surface area contributed by atoms with Crippen molar-refractivity contribution in [2.45, 2.75) is 31.2 Å². The van der Waals surface area contributed by atoms with E-state index in [1.807, 2.05) is 31.2 Å². The van der Waals surface area contributed by atoms with Gasteiger partial charge in [0.15, 0.2) is 0 Å². The summed E-state index contributed by atoms with van der Waals surface area (Å²) in [7, 11) is -3.65. The first-order chi connectivity index (χ1) is 13.9. The van der Waals surface area contributed by atoms with Crippen LogP contribution in [-0.2, 0) is 21.4 Å². The van der Waals surface area contributed by atoms with Crippen molar-refractivity contribution < 1.29 is 17.9 Å². The van der Waals surface area contributed by atoms with Crippen LogP contribution >= 0.6 is 11.6 Å². The number of halogens is 1. The fourth-order valence-corrected chi connectivity index (χ4v) is 5.05. The second-order valence-electron chi connectivity index (χ2n) is 6.91. The van der Waals surface area contributed by atoms with Crippen molar-refractivity contribution in [2.75, 3.05) is 19.7 Å². The van der Waals surface area contributed by atoms with Gasteiger partial charge in [-0.2, -0.15) is 4.31 Å². The summed E-state index contributed by atoms with van der Waals surface area (Å²) in [5.74, 6) is 0.211. The molecule has 0 aliphatic carbocycles. The molecule has 0 saturated carbocycles. The number of para-hydroxylation sites is 1. The highest BCUT2D eigenvalue weighted by atomic mass is 35.5. The Kier molecular flexibility index (Phi) is 7.16. The third-order valence-corrected chi connectivity index (χ3v) is 7.06. The highest BCUT2D eigenvalue weighted by Crippen LogP contribution is 2.25. The van der Waals surface area contributed by atoms with E-state index in [-0.39, 0.29) is 23.3 Å². The van der Waals surface area contributed by atoms with E-state index in [1.165, 1.54) is 16.4 Å². The van der Waals surface area contributed by atoms with E-state index >= 15 is 0 Å². The van der Waals surface area contributed by atoms with E-state index in [0.717, 1.165) is 11.3 Å². The highest BCUT2D eigenvalue weighted by Gasteiger charge is 2.33. The molecule has 0 aromatic heterocycles. The van der Waals surface area contributed by atoms with Crippen LogP contribution in [-0.4, -0.2) is 38.3 Å². The Balaban J connectivity index is 1.64. The topological polar surface area (TPSA) is 75.7 Å². The van der Waals surface area contributed by atoms with Crippen LogP contribution in [0.3, 0.4) is 0 Å². The molecule has 1 unspecified atom stereocenters. The monoisotopic (exact) mass is 436 g/mol. The van der Waals surface area contributed by atoms with Crippen molar-refractivity contribution >= 4 is 27.5 Å². The molecule has 0 bridgehead atoms. The maximum Gasteiger partial charge on any atom is 0.243 e. The first kappa shape index (κ1) is 21.6. The molecule has 3 rings (SSSR count). The van der Waals surface area contributed by atoms with Crippen molar-refractivity contribution in [2.24, 2.45) is 5.92 Å². The van der Waals surface area contributed by atoms with Gasteiger partial charge in [0, 0.05) is 30.2 Å². The number of benzene rings is 2. The van der Waals surface area contributed by atoms with Crippen molar-refractivity contribution in [3.05, 3.63) is 59.1 Å². The smallest absolute Gasteiger partial charge is 0.243 e. The zero-order chi connectivity index (χ0) is 20.9. The van der Waals surface area contributed by atoms with Gasteiger partial charge < -0.3 is 10.1 Å². The minimum Gasteiger partial charge on any atom is -0.494 e. The third kappa shape index (κ3) is 5.29. The summed E-state index contributed by atoms with van der Waals surface area (Å²) in [5.41, 5.74) is 0.893. The van der Waals surface area contributed by atoms with Crippen LogP contribution in [0.4, 0.5) is 0 Å². The largest absolute Gasteiger partial charge is 0.494 e. The Labute approximate surface area is 176 Å². The Morgan fingerprint density at radius 1 is 1.21 bits per heavy atom. The summed E-state index contributed by atoms with van der Waals surface area (Å²) >= 11 is 5.86. The normalized spacial score (nSPS) is 17.7. The molecular formula is C21H25ClN2O4S. The van der Waals surface area contributed by atoms with Crippen LogP contribution in [0, 0.1) is 5.92 Å². The Morgan fingerprint density at radius 2 is 1.93 bits per heavy atom. The van der Waals surface area contributed by atoms with Crippen LogP contribution in [0.15, 0.2) is 53.4 Å².